The van der Waals surface area contributed by atoms with E-state index < -0.39 is 0 Å². The number of hydrogen-bond donors (Lipinski definition) is 0. The van der Waals surface area contributed by atoms with Gasteiger partial charge in [0.15, 0.2) is 0 Å². The van der Waals surface area contributed by atoms with Crippen LogP contribution in [0.1, 0.15) is 6.92 Å². The molecule has 1 aliphatic heterocycles. The maximum absolute atomic E-state index is 4.46. The van der Waals surface area contributed by atoms with E-state index >= 15 is 0 Å². The zero-order valence-electron chi connectivity index (χ0n) is 2.49. The van der Waals surface area contributed by atoms with E-state index in [0.717, 1.165) is 0 Å². The van der Waals surface area contributed by atoms with Gasteiger partial charge in [-0.05, 0) is 0 Å². The quantitative estimate of drug-likeness (QED) is 0.347. The molecule has 1 atom stereocenters. The van der Waals surface area contributed by atoms with Gasteiger partial charge in [0.1, 0.15) is 0 Å². The first-order valence-corrected chi connectivity index (χ1v) is 1.31. The van der Waals surface area contributed by atoms with Crippen molar-refractivity contribution >= 4 is 6.29 Å². The molecule has 1 unspecified atom stereocenters. The maximum atomic E-state index is 4.46. The smallest absolute Gasteiger partial charge is 0.219 e. The van der Waals surface area contributed by atoms with Crippen LogP contribution in [0.15, 0.2) is 0 Å². The molecule has 0 aromatic carbocycles. The average molecular weight is 56.1 g/mol. The molecule has 4 heavy (non-hydrogen) atoms. The molecule has 1 nitrogen and oxygen atoms in total. The minimum absolute atomic E-state index is 0.333. The van der Waals surface area contributed by atoms with Crippen LogP contribution in [0, 0.1) is 0 Å². The summed E-state index contributed by atoms with van der Waals surface area (Å²) in [7, 11) is 0. The van der Waals surface area contributed by atoms with Crippen LogP contribution in [0.4, 0.5) is 0 Å². The fraction of sp³-hybridized carbons (Fsp3) is 0.667. The Morgan fingerprint density at radius 2 is 2.25 bits per heavy atom. The zero-order chi connectivity index (χ0) is 2.99. The highest BCUT2D eigenvalue weighted by molar-refractivity contribution is 5.65. The SMILES string of the molecule is CC1[C]=[O+]1. The lowest BCUT2D eigenvalue weighted by molar-refractivity contribution is 0.198. The molecular formula is C3H4O+. The number of carbonyl (C=O) groups excluding carboxylic acids is 1. The molecule has 0 aromatic rings. The Hall–Kier alpha value is -0.330. The highest BCUT2D eigenvalue weighted by Crippen LogP contribution is 1.86. The third kappa shape index (κ3) is 0.105. The molecule has 1 aliphatic rings. The van der Waals surface area contributed by atoms with Gasteiger partial charge in [-0.1, -0.05) is 0 Å². The van der Waals surface area contributed by atoms with Crippen molar-refractivity contribution < 1.29 is 4.42 Å². The molecule has 0 N–H and O–H groups in total. The van der Waals surface area contributed by atoms with E-state index in [2.05, 4.69) is 10.7 Å². The van der Waals surface area contributed by atoms with Gasteiger partial charge in [0.2, 0.25) is 0 Å². The summed E-state index contributed by atoms with van der Waals surface area (Å²) in [5.41, 5.74) is 0. The molecule has 1 radical (unpaired) electrons. The lowest BCUT2D eigenvalue weighted by Gasteiger charge is -1.33. The van der Waals surface area contributed by atoms with E-state index in [1.807, 2.05) is 6.92 Å². The van der Waals surface area contributed by atoms with Gasteiger partial charge in [-0.2, -0.15) is 0 Å². The van der Waals surface area contributed by atoms with Crippen molar-refractivity contribution in [3.63, 3.8) is 0 Å². The molecule has 0 amide bonds. The van der Waals surface area contributed by atoms with Crippen LogP contribution in [-0.2, 0) is 4.42 Å². The summed E-state index contributed by atoms with van der Waals surface area (Å²) < 4.78 is 4.46. The number of rotatable bonds is 0. The first-order valence-electron chi connectivity index (χ1n) is 1.31. The molecule has 1 heteroatoms. The van der Waals surface area contributed by atoms with Crippen LogP contribution in [0.2, 0.25) is 0 Å². The highest BCUT2D eigenvalue weighted by atomic mass is 16.4. The molecule has 0 spiro atoms. The second-order valence-corrected chi connectivity index (χ2v) is 0.878. The molecule has 0 aromatic heterocycles. The first kappa shape index (κ1) is 1.94. The van der Waals surface area contributed by atoms with Gasteiger partial charge in [-0.3, -0.25) is 0 Å². The van der Waals surface area contributed by atoms with Gasteiger partial charge in [0, 0.05) is 6.92 Å². The van der Waals surface area contributed by atoms with E-state index in [9.17, 15) is 0 Å². The van der Waals surface area contributed by atoms with Crippen molar-refractivity contribution in [3.05, 3.63) is 0 Å². The van der Waals surface area contributed by atoms with E-state index in [1.165, 1.54) is 0 Å². The Morgan fingerprint density at radius 3 is 2.25 bits per heavy atom. The van der Waals surface area contributed by atoms with Gasteiger partial charge in [0.05, 0.1) is 0 Å². The summed E-state index contributed by atoms with van der Waals surface area (Å²) in [5, 5.41) is 0. The molecule has 0 fully saturated rings. The van der Waals surface area contributed by atoms with Crippen molar-refractivity contribution in [3.8, 4) is 0 Å². The number of hydrogen-bond acceptors (Lipinski definition) is 0. The fourth-order valence-electron chi connectivity index (χ4n) is 0.0680. The van der Waals surface area contributed by atoms with Crippen molar-refractivity contribution in [2.45, 2.75) is 13.0 Å². The zero-order valence-corrected chi connectivity index (χ0v) is 2.49. The van der Waals surface area contributed by atoms with Gasteiger partial charge >= 0.3 is 12.4 Å². The minimum atomic E-state index is 0.333. The maximum Gasteiger partial charge on any atom is 0.526 e. The van der Waals surface area contributed by atoms with Gasteiger partial charge in [-0.15, -0.1) is 0 Å². The monoisotopic (exact) mass is 56.0 g/mol. The van der Waals surface area contributed by atoms with E-state index in [1.54, 1.807) is 0 Å². The van der Waals surface area contributed by atoms with Crippen LogP contribution in [0.5, 0.6) is 0 Å². The van der Waals surface area contributed by atoms with Crippen molar-refractivity contribution in [1.82, 2.24) is 0 Å². The molecule has 1 rings (SSSR count). The molecule has 21 valence electrons. The van der Waals surface area contributed by atoms with E-state index in [-0.39, 0.29) is 0 Å². The van der Waals surface area contributed by atoms with Gasteiger partial charge in [-0.25, -0.2) is 4.42 Å². The Balaban J connectivity index is 2.32. The predicted octanol–water partition coefficient (Wildman–Crippen LogP) is 0.0339. The lowest BCUT2D eigenvalue weighted by Crippen LogP contribution is -1.67. The largest absolute Gasteiger partial charge is 0.526 e. The van der Waals surface area contributed by atoms with Crippen LogP contribution in [0.25, 0.3) is 0 Å². The second kappa shape index (κ2) is 0.341. The predicted molar refractivity (Wildman–Crippen MR) is 15.2 cm³/mol. The van der Waals surface area contributed by atoms with Crippen LogP contribution < -0.4 is 0 Å². The summed E-state index contributed by atoms with van der Waals surface area (Å²) in [6, 6.07) is 0. The summed E-state index contributed by atoms with van der Waals surface area (Å²) in [4.78, 5) is 0. The summed E-state index contributed by atoms with van der Waals surface area (Å²) in [6.45, 7) is 1.94. The van der Waals surface area contributed by atoms with Crippen LogP contribution in [0.3, 0.4) is 0 Å². The van der Waals surface area contributed by atoms with Crippen molar-refractivity contribution in [2.24, 2.45) is 0 Å². The van der Waals surface area contributed by atoms with E-state index in [0.29, 0.717) is 6.10 Å². The van der Waals surface area contributed by atoms with Gasteiger partial charge < -0.3 is 0 Å². The fourth-order valence-corrected chi connectivity index (χ4v) is 0.0680. The third-order valence-corrected chi connectivity index (χ3v) is 0.354. The Labute approximate surface area is 24.9 Å². The topological polar surface area (TPSA) is 11.3 Å². The molecule has 0 bridgehead atoms. The lowest BCUT2D eigenvalue weighted by atomic mass is 10.6. The molecule has 1 heterocycles. The minimum Gasteiger partial charge on any atom is -0.219 e. The second-order valence-electron chi connectivity index (χ2n) is 0.878. The summed E-state index contributed by atoms with van der Waals surface area (Å²) in [5.74, 6) is 0. The van der Waals surface area contributed by atoms with E-state index in [4.69, 9.17) is 0 Å². The Kier molecular flexibility index (Phi) is 0.166. The van der Waals surface area contributed by atoms with Gasteiger partial charge in [0.25, 0.3) is 0 Å². The summed E-state index contributed by atoms with van der Waals surface area (Å²) >= 11 is 0. The molecular weight excluding hydrogens is 52.0 g/mol. The Morgan fingerprint density at radius 1 is 2.00 bits per heavy atom. The van der Waals surface area contributed by atoms with Crippen molar-refractivity contribution in [2.75, 3.05) is 0 Å². The molecule has 0 aliphatic carbocycles. The normalized spacial score (nSPS) is 35.8. The molecule has 0 saturated heterocycles. The van der Waals surface area contributed by atoms with Crippen molar-refractivity contribution in [1.29, 1.82) is 0 Å². The standard InChI is InChI=1S/C3H4O/c1-3-2-4-3/h3H,1H3/q+1. The third-order valence-electron chi connectivity index (χ3n) is 0.354. The Bertz CT molecular complexity index is 41.2. The van der Waals surface area contributed by atoms with Crippen LogP contribution >= 0.6 is 0 Å². The highest BCUT2D eigenvalue weighted by Gasteiger charge is 2.29. The average Bonchev–Trinajstić information content (AvgIpc) is 1.75. The molecule has 0 saturated carbocycles. The van der Waals surface area contributed by atoms with Crippen LogP contribution in [-0.4, -0.2) is 12.4 Å². The first-order chi connectivity index (χ1) is 1.89. The summed E-state index contributed by atoms with van der Waals surface area (Å²) in [6.07, 6.45) is 2.93.